The Morgan fingerprint density at radius 2 is 1.74 bits per heavy atom. The van der Waals surface area contributed by atoms with Gasteiger partial charge in [-0.3, -0.25) is 4.79 Å². The van der Waals surface area contributed by atoms with E-state index in [0.717, 1.165) is 0 Å². The van der Waals surface area contributed by atoms with E-state index in [0.29, 0.717) is 10.0 Å². The summed E-state index contributed by atoms with van der Waals surface area (Å²) in [5.74, 6) is -1.37. The standard InChI is InChI=1S/C18H14BrF3N2O3/c19-13-8-6-11(7-9-13)14-10-17(27,18(20,21)22)24(23-14)16(26)15(25)12-4-2-1-3-5-12/h1-9,15,25,27H,10H2/t15-,17-/m1/s1. The van der Waals surface area contributed by atoms with Gasteiger partial charge < -0.3 is 10.2 Å². The van der Waals surface area contributed by atoms with Crippen molar-refractivity contribution in [3.63, 3.8) is 0 Å². The second-order valence-corrected chi connectivity index (χ2v) is 6.92. The third-order valence-corrected chi connectivity index (χ3v) is 4.70. The largest absolute Gasteiger partial charge is 0.438 e. The van der Waals surface area contributed by atoms with Crippen molar-refractivity contribution in [1.29, 1.82) is 0 Å². The maximum atomic E-state index is 13.6. The number of hydrogen-bond acceptors (Lipinski definition) is 4. The van der Waals surface area contributed by atoms with Gasteiger partial charge in [0.05, 0.1) is 12.1 Å². The molecule has 2 aromatic carbocycles. The minimum Gasteiger partial charge on any atom is -0.378 e. The van der Waals surface area contributed by atoms with Gasteiger partial charge in [0.2, 0.25) is 0 Å². The number of hydrogen-bond donors (Lipinski definition) is 2. The van der Waals surface area contributed by atoms with E-state index in [1.165, 1.54) is 36.4 Å². The van der Waals surface area contributed by atoms with E-state index in [1.807, 2.05) is 0 Å². The Morgan fingerprint density at radius 3 is 2.30 bits per heavy atom. The highest BCUT2D eigenvalue weighted by molar-refractivity contribution is 9.10. The van der Waals surface area contributed by atoms with Crippen LogP contribution in [0.3, 0.4) is 0 Å². The third kappa shape index (κ3) is 3.62. The number of rotatable bonds is 3. The molecule has 9 heteroatoms. The summed E-state index contributed by atoms with van der Waals surface area (Å²) in [6.45, 7) is 0. The van der Waals surface area contributed by atoms with Crippen LogP contribution in [0, 0.1) is 0 Å². The number of nitrogens with zero attached hydrogens (tertiary/aromatic N) is 2. The summed E-state index contributed by atoms with van der Waals surface area (Å²) < 4.78 is 41.4. The number of benzene rings is 2. The van der Waals surface area contributed by atoms with E-state index in [1.54, 1.807) is 18.2 Å². The zero-order chi connectivity index (χ0) is 19.8. The molecule has 0 spiro atoms. The predicted octanol–water partition coefficient (Wildman–Crippen LogP) is 3.37. The molecule has 3 rings (SSSR count). The number of carbonyl (C=O) groups excluding carboxylic acids is 1. The van der Waals surface area contributed by atoms with Crippen molar-refractivity contribution < 1.29 is 28.2 Å². The number of aliphatic hydroxyl groups excluding tert-OH is 1. The average Bonchev–Trinajstić information content (AvgIpc) is 3.00. The fourth-order valence-electron chi connectivity index (χ4n) is 2.69. The number of amides is 1. The van der Waals surface area contributed by atoms with Gasteiger partial charge in [-0.2, -0.15) is 23.3 Å². The van der Waals surface area contributed by atoms with Gasteiger partial charge in [-0.15, -0.1) is 0 Å². The van der Waals surface area contributed by atoms with Gasteiger partial charge in [0.15, 0.2) is 6.10 Å². The molecule has 1 amide bonds. The lowest BCUT2D eigenvalue weighted by atomic mass is 10.0. The van der Waals surface area contributed by atoms with E-state index < -0.39 is 30.3 Å². The van der Waals surface area contributed by atoms with Crippen LogP contribution in [0.25, 0.3) is 0 Å². The summed E-state index contributed by atoms with van der Waals surface area (Å²) in [5, 5.41) is 24.1. The number of carbonyl (C=O) groups is 1. The van der Waals surface area contributed by atoms with Crippen molar-refractivity contribution in [2.75, 3.05) is 0 Å². The molecule has 142 valence electrons. The number of alkyl halides is 3. The van der Waals surface area contributed by atoms with Crippen molar-refractivity contribution in [2.45, 2.75) is 24.4 Å². The Kier molecular flexibility index (Phi) is 5.11. The van der Waals surface area contributed by atoms with Crippen LogP contribution in [0.4, 0.5) is 13.2 Å². The topological polar surface area (TPSA) is 73.1 Å². The van der Waals surface area contributed by atoms with Crippen LogP contribution in [-0.4, -0.2) is 38.7 Å². The molecule has 0 fully saturated rings. The lowest BCUT2D eigenvalue weighted by molar-refractivity contribution is -0.303. The highest BCUT2D eigenvalue weighted by atomic mass is 79.9. The average molecular weight is 443 g/mol. The van der Waals surface area contributed by atoms with Crippen LogP contribution in [0.1, 0.15) is 23.7 Å². The zero-order valence-electron chi connectivity index (χ0n) is 13.7. The molecule has 1 aliphatic rings. The fourth-order valence-corrected chi connectivity index (χ4v) is 2.96. The first-order valence-corrected chi connectivity index (χ1v) is 8.62. The van der Waals surface area contributed by atoms with Crippen molar-refractivity contribution in [1.82, 2.24) is 5.01 Å². The summed E-state index contributed by atoms with van der Waals surface area (Å²) in [5.41, 5.74) is -3.23. The molecule has 0 aromatic heterocycles. The van der Waals surface area contributed by atoms with Crippen LogP contribution in [-0.2, 0) is 4.79 Å². The van der Waals surface area contributed by atoms with Gasteiger partial charge >= 0.3 is 6.18 Å². The number of aliphatic hydroxyl groups is 2. The molecular formula is C18H14BrF3N2O3. The molecule has 0 aliphatic carbocycles. The van der Waals surface area contributed by atoms with Crippen LogP contribution < -0.4 is 0 Å². The van der Waals surface area contributed by atoms with Crippen LogP contribution in [0.2, 0.25) is 0 Å². The van der Waals surface area contributed by atoms with Crippen LogP contribution >= 0.6 is 15.9 Å². The van der Waals surface area contributed by atoms with E-state index in [4.69, 9.17) is 0 Å². The lowest BCUT2D eigenvalue weighted by Crippen LogP contribution is -2.57. The Morgan fingerprint density at radius 1 is 1.15 bits per heavy atom. The van der Waals surface area contributed by atoms with Crippen LogP contribution in [0.15, 0.2) is 64.2 Å². The number of halogens is 4. The summed E-state index contributed by atoms with van der Waals surface area (Å²) >= 11 is 3.22. The SMILES string of the molecule is O=C([C@H](O)c1ccccc1)N1N=C(c2ccc(Br)cc2)C[C@@]1(O)C(F)(F)F. The van der Waals surface area contributed by atoms with Gasteiger partial charge in [0.1, 0.15) is 0 Å². The van der Waals surface area contributed by atoms with Gasteiger partial charge in [0, 0.05) is 4.47 Å². The normalized spacial score (nSPS) is 21.1. The smallest absolute Gasteiger partial charge is 0.378 e. The molecule has 1 aliphatic heterocycles. The first-order valence-electron chi connectivity index (χ1n) is 7.83. The summed E-state index contributed by atoms with van der Waals surface area (Å²) in [6.07, 6.45) is -8.00. The molecule has 0 saturated carbocycles. The Hall–Kier alpha value is -2.23. The minimum atomic E-state index is -5.17. The summed E-state index contributed by atoms with van der Waals surface area (Å²) in [7, 11) is 0. The maximum absolute atomic E-state index is 13.6. The Labute approximate surface area is 160 Å². The molecule has 2 atom stereocenters. The van der Waals surface area contributed by atoms with Crippen LogP contribution in [0.5, 0.6) is 0 Å². The maximum Gasteiger partial charge on any atom is 0.438 e. The van der Waals surface area contributed by atoms with Gasteiger partial charge in [0.25, 0.3) is 11.6 Å². The summed E-state index contributed by atoms with van der Waals surface area (Å²) in [6, 6.07) is 13.7. The van der Waals surface area contributed by atoms with E-state index in [9.17, 15) is 28.2 Å². The van der Waals surface area contributed by atoms with Crippen molar-refractivity contribution in [2.24, 2.45) is 5.10 Å². The molecule has 27 heavy (non-hydrogen) atoms. The van der Waals surface area contributed by atoms with Crippen molar-refractivity contribution >= 4 is 27.5 Å². The second-order valence-electron chi connectivity index (χ2n) is 6.01. The number of hydrazone groups is 1. The lowest BCUT2D eigenvalue weighted by Gasteiger charge is -2.33. The highest BCUT2D eigenvalue weighted by Crippen LogP contribution is 2.42. The van der Waals surface area contributed by atoms with E-state index in [-0.39, 0.29) is 16.3 Å². The molecule has 0 saturated heterocycles. The van der Waals surface area contributed by atoms with Gasteiger partial charge in [-0.1, -0.05) is 58.4 Å². The van der Waals surface area contributed by atoms with E-state index in [2.05, 4.69) is 21.0 Å². The van der Waals surface area contributed by atoms with Gasteiger partial charge in [-0.05, 0) is 23.3 Å². The molecule has 1 heterocycles. The second kappa shape index (κ2) is 7.06. The molecule has 0 radical (unpaired) electrons. The molecule has 2 N–H and O–H groups in total. The first-order chi connectivity index (χ1) is 12.6. The zero-order valence-corrected chi connectivity index (χ0v) is 15.3. The van der Waals surface area contributed by atoms with E-state index >= 15 is 0 Å². The molecule has 0 bridgehead atoms. The summed E-state index contributed by atoms with van der Waals surface area (Å²) in [4.78, 5) is 12.5. The first kappa shape index (κ1) is 19.5. The van der Waals surface area contributed by atoms with Crippen molar-refractivity contribution in [3.05, 3.63) is 70.2 Å². The Bertz CT molecular complexity index is 872. The molecule has 2 aromatic rings. The predicted molar refractivity (Wildman–Crippen MR) is 94.5 cm³/mol. The monoisotopic (exact) mass is 442 g/mol. The fraction of sp³-hybridized carbons (Fsp3) is 0.222. The third-order valence-electron chi connectivity index (χ3n) is 4.17. The van der Waals surface area contributed by atoms with Crippen molar-refractivity contribution in [3.8, 4) is 0 Å². The molecule has 5 nitrogen and oxygen atoms in total. The molecular weight excluding hydrogens is 429 g/mol. The quantitative estimate of drug-likeness (QED) is 0.765. The Balaban J connectivity index is 2.00. The van der Waals surface area contributed by atoms with Gasteiger partial charge in [-0.25, -0.2) is 0 Å². The molecule has 0 unspecified atom stereocenters. The minimum absolute atomic E-state index is 0.0674. The highest BCUT2D eigenvalue weighted by Gasteiger charge is 2.63.